The van der Waals surface area contributed by atoms with Gasteiger partial charge in [-0.3, -0.25) is 14.4 Å². The average molecular weight is 380 g/mol. The number of aryl methyl sites for hydroxylation is 1. The first-order valence-electron chi connectivity index (χ1n) is 9.87. The van der Waals surface area contributed by atoms with Crippen molar-refractivity contribution in [3.8, 4) is 0 Å². The first kappa shape index (κ1) is 18.6. The Kier molecular flexibility index (Phi) is 5.39. The summed E-state index contributed by atoms with van der Waals surface area (Å²) in [6.45, 7) is 6.80. The van der Waals surface area contributed by atoms with Crippen molar-refractivity contribution in [2.75, 3.05) is 32.7 Å². The van der Waals surface area contributed by atoms with E-state index in [-0.39, 0.29) is 11.7 Å². The minimum atomic E-state index is -0.200. The molecule has 1 saturated heterocycles. The van der Waals surface area contributed by atoms with E-state index < -0.39 is 0 Å². The van der Waals surface area contributed by atoms with Gasteiger partial charge in [-0.05, 0) is 37.1 Å². The zero-order chi connectivity index (χ0) is 19.5. The monoisotopic (exact) mass is 380 g/mol. The second kappa shape index (κ2) is 8.10. The van der Waals surface area contributed by atoms with E-state index in [0.717, 1.165) is 49.1 Å². The molecule has 0 atom stereocenters. The van der Waals surface area contributed by atoms with E-state index in [1.165, 1.54) is 12.1 Å². The highest BCUT2D eigenvalue weighted by Gasteiger charge is 2.25. The molecular formula is C22H25FN4O. The highest BCUT2D eigenvalue weighted by molar-refractivity contribution is 6.04. The van der Waals surface area contributed by atoms with Crippen LogP contribution in [0.2, 0.25) is 0 Å². The van der Waals surface area contributed by atoms with E-state index in [1.807, 2.05) is 52.9 Å². The van der Waals surface area contributed by atoms with Gasteiger partial charge in [0.05, 0.1) is 5.52 Å². The van der Waals surface area contributed by atoms with Crippen molar-refractivity contribution in [2.45, 2.75) is 19.9 Å². The second-order valence-electron chi connectivity index (χ2n) is 7.19. The van der Waals surface area contributed by atoms with Crippen molar-refractivity contribution < 1.29 is 9.18 Å². The highest BCUT2D eigenvalue weighted by atomic mass is 19.1. The summed E-state index contributed by atoms with van der Waals surface area (Å²) < 4.78 is 14.9. The molecule has 0 bridgehead atoms. The smallest absolute Gasteiger partial charge is 0.275 e. The van der Waals surface area contributed by atoms with Crippen LogP contribution < -0.4 is 0 Å². The van der Waals surface area contributed by atoms with Crippen LogP contribution in [0.3, 0.4) is 0 Å². The second-order valence-corrected chi connectivity index (χ2v) is 7.19. The highest BCUT2D eigenvalue weighted by Crippen LogP contribution is 2.20. The molecule has 4 rings (SSSR count). The fourth-order valence-electron chi connectivity index (χ4n) is 3.79. The summed E-state index contributed by atoms with van der Waals surface area (Å²) in [7, 11) is 0. The summed E-state index contributed by atoms with van der Waals surface area (Å²) in [6.07, 6.45) is 0.889. The Hall–Kier alpha value is -2.73. The van der Waals surface area contributed by atoms with Crippen LogP contribution >= 0.6 is 0 Å². The molecule has 0 N–H and O–H groups in total. The van der Waals surface area contributed by atoms with E-state index in [2.05, 4.69) is 10.00 Å². The molecule has 3 aromatic rings. The lowest BCUT2D eigenvalue weighted by molar-refractivity contribution is 0.0633. The van der Waals surface area contributed by atoms with Gasteiger partial charge in [0.15, 0.2) is 5.69 Å². The molecule has 6 heteroatoms. The van der Waals surface area contributed by atoms with Crippen LogP contribution in [0.25, 0.3) is 10.9 Å². The molecule has 2 heterocycles. The number of halogens is 1. The Morgan fingerprint density at radius 3 is 2.46 bits per heavy atom. The van der Waals surface area contributed by atoms with Crippen LogP contribution in [0, 0.1) is 5.82 Å². The Morgan fingerprint density at radius 1 is 1.04 bits per heavy atom. The molecular weight excluding hydrogens is 355 g/mol. The van der Waals surface area contributed by atoms with Crippen molar-refractivity contribution in [3.05, 3.63) is 65.6 Å². The lowest BCUT2D eigenvalue weighted by Gasteiger charge is -2.34. The summed E-state index contributed by atoms with van der Waals surface area (Å²) >= 11 is 0. The topological polar surface area (TPSA) is 41.4 Å². The van der Waals surface area contributed by atoms with Crippen LogP contribution in [0.4, 0.5) is 4.39 Å². The van der Waals surface area contributed by atoms with Gasteiger partial charge in [0, 0.05) is 44.7 Å². The molecule has 0 aliphatic carbocycles. The third kappa shape index (κ3) is 3.78. The van der Waals surface area contributed by atoms with E-state index in [9.17, 15) is 9.18 Å². The van der Waals surface area contributed by atoms with Gasteiger partial charge >= 0.3 is 0 Å². The number of amides is 1. The normalized spacial score (nSPS) is 15.3. The first-order valence-corrected chi connectivity index (χ1v) is 9.87. The van der Waals surface area contributed by atoms with Crippen LogP contribution in [0.1, 0.15) is 23.0 Å². The third-order valence-electron chi connectivity index (χ3n) is 5.45. The Balaban J connectivity index is 1.37. The Morgan fingerprint density at radius 2 is 1.75 bits per heavy atom. The van der Waals surface area contributed by atoms with Gasteiger partial charge in [0.2, 0.25) is 0 Å². The summed E-state index contributed by atoms with van der Waals surface area (Å²) in [4.78, 5) is 17.3. The molecule has 1 fully saturated rings. The maximum Gasteiger partial charge on any atom is 0.275 e. The van der Waals surface area contributed by atoms with Gasteiger partial charge in [0.25, 0.3) is 5.91 Å². The molecule has 28 heavy (non-hydrogen) atoms. The van der Waals surface area contributed by atoms with Gasteiger partial charge in [-0.2, -0.15) is 5.10 Å². The predicted octanol–water partition coefficient (Wildman–Crippen LogP) is 3.20. The maximum atomic E-state index is 13.1. The lowest BCUT2D eigenvalue weighted by Crippen LogP contribution is -2.49. The van der Waals surface area contributed by atoms with E-state index in [4.69, 9.17) is 0 Å². The molecule has 0 spiro atoms. The number of aromatic nitrogens is 2. The number of rotatable bonds is 5. The van der Waals surface area contributed by atoms with Gasteiger partial charge < -0.3 is 4.90 Å². The average Bonchev–Trinajstić information content (AvgIpc) is 3.12. The number of hydrogen-bond acceptors (Lipinski definition) is 3. The van der Waals surface area contributed by atoms with Crippen molar-refractivity contribution in [2.24, 2.45) is 0 Å². The number of para-hydroxylation sites is 1. The standard InChI is InChI=1S/C22H25FN4O/c1-2-27-20-6-4-3-5-19(20)21(24-27)22(28)26-15-13-25(14-16-26)12-11-17-7-9-18(23)10-8-17/h3-10H,2,11-16H2,1H3. The van der Waals surface area contributed by atoms with Crippen molar-refractivity contribution >= 4 is 16.8 Å². The number of hydrogen-bond donors (Lipinski definition) is 0. The molecule has 146 valence electrons. The van der Waals surface area contributed by atoms with Gasteiger partial charge in [-0.1, -0.05) is 30.3 Å². The third-order valence-corrected chi connectivity index (χ3v) is 5.45. The number of fused-ring (bicyclic) bond motifs is 1. The fourth-order valence-corrected chi connectivity index (χ4v) is 3.79. The van der Waals surface area contributed by atoms with Crippen molar-refractivity contribution in [3.63, 3.8) is 0 Å². The van der Waals surface area contributed by atoms with Gasteiger partial charge in [-0.15, -0.1) is 0 Å². The van der Waals surface area contributed by atoms with Crippen LogP contribution in [-0.4, -0.2) is 58.2 Å². The number of nitrogens with zero attached hydrogens (tertiary/aromatic N) is 4. The van der Waals surface area contributed by atoms with E-state index >= 15 is 0 Å². The van der Waals surface area contributed by atoms with Gasteiger partial charge in [-0.25, -0.2) is 4.39 Å². The van der Waals surface area contributed by atoms with Crippen LogP contribution in [-0.2, 0) is 13.0 Å². The largest absolute Gasteiger partial charge is 0.335 e. The molecule has 0 radical (unpaired) electrons. The minimum Gasteiger partial charge on any atom is -0.335 e. The number of carbonyl (C=O) groups is 1. The minimum absolute atomic E-state index is 0.0154. The molecule has 5 nitrogen and oxygen atoms in total. The zero-order valence-corrected chi connectivity index (χ0v) is 16.1. The van der Waals surface area contributed by atoms with Crippen molar-refractivity contribution in [1.82, 2.24) is 19.6 Å². The van der Waals surface area contributed by atoms with Crippen LogP contribution in [0.5, 0.6) is 0 Å². The first-order chi connectivity index (χ1) is 13.7. The molecule has 0 saturated carbocycles. The molecule has 1 amide bonds. The van der Waals surface area contributed by atoms with E-state index in [0.29, 0.717) is 18.8 Å². The maximum absolute atomic E-state index is 13.1. The summed E-state index contributed by atoms with van der Waals surface area (Å²) in [5.74, 6) is -0.185. The quantitative estimate of drug-likeness (QED) is 0.683. The molecule has 1 aromatic heterocycles. The SMILES string of the molecule is CCn1nc(C(=O)N2CCN(CCc3ccc(F)cc3)CC2)c2ccccc21. The number of benzene rings is 2. The summed E-state index contributed by atoms with van der Waals surface area (Å²) in [5.41, 5.74) is 2.69. The Labute approximate surface area is 164 Å². The number of piperazine rings is 1. The summed E-state index contributed by atoms with van der Waals surface area (Å²) in [5, 5.41) is 5.49. The lowest BCUT2D eigenvalue weighted by atomic mass is 10.1. The van der Waals surface area contributed by atoms with Crippen LogP contribution in [0.15, 0.2) is 48.5 Å². The fraction of sp³-hybridized carbons (Fsp3) is 0.364. The summed E-state index contributed by atoms with van der Waals surface area (Å²) in [6, 6.07) is 14.6. The Bertz CT molecular complexity index is 958. The molecule has 2 aromatic carbocycles. The zero-order valence-electron chi connectivity index (χ0n) is 16.1. The van der Waals surface area contributed by atoms with E-state index in [1.54, 1.807) is 0 Å². The molecule has 1 aliphatic rings. The number of carbonyl (C=O) groups excluding carboxylic acids is 1. The van der Waals surface area contributed by atoms with Gasteiger partial charge in [0.1, 0.15) is 5.82 Å². The molecule has 0 unspecified atom stereocenters. The predicted molar refractivity (Wildman–Crippen MR) is 108 cm³/mol. The van der Waals surface area contributed by atoms with Crippen molar-refractivity contribution in [1.29, 1.82) is 0 Å². The molecule has 1 aliphatic heterocycles.